The van der Waals surface area contributed by atoms with Crippen LogP contribution in [0.1, 0.15) is 54.2 Å². The van der Waals surface area contributed by atoms with E-state index < -0.39 is 0 Å². The number of imidazole rings is 1. The minimum Gasteiger partial charge on any atom is -0.507 e. The first-order valence-electron chi connectivity index (χ1n) is 18.6. The molecule has 8 aromatic rings. The average Bonchev–Trinajstić information content (AvgIpc) is 3.54. The van der Waals surface area contributed by atoms with Gasteiger partial charge in [-0.15, -0.1) is 29.3 Å². The van der Waals surface area contributed by atoms with E-state index in [1.54, 1.807) is 0 Å². The number of phenolic OH excluding ortho intramolecular Hbond substituents is 1. The Morgan fingerprint density at radius 1 is 0.655 bits per heavy atom. The van der Waals surface area contributed by atoms with Crippen LogP contribution >= 0.6 is 0 Å². The maximum Gasteiger partial charge on any atom is 0.144 e. The van der Waals surface area contributed by atoms with Gasteiger partial charge in [0.2, 0.25) is 0 Å². The van der Waals surface area contributed by atoms with E-state index in [0.717, 1.165) is 84.6 Å². The summed E-state index contributed by atoms with van der Waals surface area (Å²) in [5, 5.41) is 11.6. The van der Waals surface area contributed by atoms with Crippen molar-refractivity contribution < 1.29 is 26.2 Å². The number of aryl methyl sites for hydroxylation is 2. The predicted octanol–water partition coefficient (Wildman–Crippen LogP) is 12.2. The molecule has 0 radical (unpaired) electrons. The molecule has 0 bridgehead atoms. The molecule has 0 unspecified atom stereocenters. The minimum absolute atomic E-state index is 0. The molecule has 0 spiro atoms. The monoisotopic (exact) mass is 897 g/mol. The SMILES string of the molecule is Cc1cc(-c2cc(-c3ccc(Cc4ccccc4)cc3)ccn2)[c-]c(-c2cccc3c2nc(-c2cc(C(C)(C)C)cc(C)c2O)n3Cc2ccccc2)c1.[Pt]. The summed E-state index contributed by atoms with van der Waals surface area (Å²) < 4.78 is 2.24. The number of pyridine rings is 1. The molecule has 0 atom stereocenters. The van der Waals surface area contributed by atoms with Gasteiger partial charge in [0.1, 0.15) is 11.6 Å². The van der Waals surface area contributed by atoms with Crippen LogP contribution in [0.2, 0.25) is 0 Å². The second-order valence-corrected chi connectivity index (χ2v) is 15.4. The van der Waals surface area contributed by atoms with Crippen molar-refractivity contribution >= 4 is 11.0 Å². The van der Waals surface area contributed by atoms with E-state index in [9.17, 15) is 5.11 Å². The number of hydrogen-bond acceptors (Lipinski definition) is 3. The first kappa shape index (κ1) is 37.7. The number of rotatable bonds is 8. The summed E-state index contributed by atoms with van der Waals surface area (Å²) in [5.74, 6) is 1.00. The second-order valence-electron chi connectivity index (χ2n) is 15.4. The molecular weight excluding hydrogens is 854 g/mol. The number of fused-ring (bicyclic) bond motifs is 1. The van der Waals surface area contributed by atoms with Crippen molar-refractivity contribution in [1.29, 1.82) is 0 Å². The smallest absolute Gasteiger partial charge is 0.144 e. The third kappa shape index (κ3) is 7.97. The van der Waals surface area contributed by atoms with E-state index in [1.807, 2.05) is 19.2 Å². The summed E-state index contributed by atoms with van der Waals surface area (Å²) in [5.41, 5.74) is 15.4. The molecule has 8 rings (SSSR count). The zero-order valence-corrected chi connectivity index (χ0v) is 34.1. The third-order valence-electron chi connectivity index (χ3n) is 10.2. The molecule has 0 aliphatic heterocycles. The van der Waals surface area contributed by atoms with Crippen molar-refractivity contribution in [1.82, 2.24) is 14.5 Å². The summed E-state index contributed by atoms with van der Waals surface area (Å²) in [6, 6.07) is 52.6. The summed E-state index contributed by atoms with van der Waals surface area (Å²) in [7, 11) is 0. The summed E-state index contributed by atoms with van der Waals surface area (Å²) >= 11 is 0. The van der Waals surface area contributed by atoms with Gasteiger partial charge in [0.25, 0.3) is 0 Å². The van der Waals surface area contributed by atoms with Gasteiger partial charge in [0.05, 0.1) is 16.6 Å². The molecule has 0 saturated carbocycles. The van der Waals surface area contributed by atoms with Crippen molar-refractivity contribution in [3.8, 4) is 50.6 Å². The number of para-hydroxylation sites is 1. The van der Waals surface area contributed by atoms with Gasteiger partial charge in [0, 0.05) is 39.5 Å². The molecule has 1 N–H and O–H groups in total. The second kappa shape index (κ2) is 15.7. The summed E-state index contributed by atoms with van der Waals surface area (Å²) in [6.07, 6.45) is 2.80. The third-order valence-corrected chi connectivity index (χ3v) is 10.2. The fourth-order valence-corrected chi connectivity index (χ4v) is 7.28. The average molecular weight is 898 g/mol. The van der Waals surface area contributed by atoms with Crippen LogP contribution in [-0.4, -0.2) is 19.6 Å². The van der Waals surface area contributed by atoms with Gasteiger partial charge in [-0.05, 0) is 75.9 Å². The number of nitrogens with zero attached hydrogens (tertiary/aromatic N) is 3. The van der Waals surface area contributed by atoms with E-state index in [1.165, 1.54) is 11.1 Å². The van der Waals surface area contributed by atoms with Gasteiger partial charge in [0.15, 0.2) is 0 Å². The molecule has 2 aromatic heterocycles. The Kier molecular flexibility index (Phi) is 10.7. The number of hydrogen-bond donors (Lipinski definition) is 1. The van der Waals surface area contributed by atoms with Crippen LogP contribution in [0.4, 0.5) is 0 Å². The first-order valence-corrected chi connectivity index (χ1v) is 18.6. The molecule has 0 aliphatic rings. The molecule has 0 aliphatic carbocycles. The normalized spacial score (nSPS) is 11.4. The fraction of sp³-hybridized carbons (Fsp3) is 0.160. The first-order chi connectivity index (χ1) is 26.1. The Morgan fingerprint density at radius 3 is 2.04 bits per heavy atom. The van der Waals surface area contributed by atoms with Crippen molar-refractivity contribution in [2.75, 3.05) is 0 Å². The standard InChI is InChI=1S/C50H44N3O.Pt/c1-33-25-40(29-41(26-33)45-30-39(23-24-51-45)38-21-19-36(20-22-38)28-35-13-8-6-9-14-35)43-17-12-18-46-47(43)52-49(53(46)32-37-15-10-7-11-16-37)44-31-42(50(3,4)5)27-34(2)48(44)54;/h6-27,30-31,54H,28,32H2,1-5H3;/q-1;. The number of phenols is 1. The molecule has 6 aromatic carbocycles. The van der Waals surface area contributed by atoms with Crippen LogP contribution < -0.4 is 0 Å². The molecular formula is C50H44N3OPt-. The molecule has 4 nitrogen and oxygen atoms in total. The summed E-state index contributed by atoms with van der Waals surface area (Å²) in [4.78, 5) is 10.2. The Morgan fingerprint density at radius 2 is 1.33 bits per heavy atom. The molecule has 0 fully saturated rings. The van der Waals surface area contributed by atoms with Crippen molar-refractivity contribution in [2.24, 2.45) is 0 Å². The van der Waals surface area contributed by atoms with E-state index in [2.05, 4.69) is 172 Å². The maximum absolute atomic E-state index is 11.6. The van der Waals surface area contributed by atoms with Gasteiger partial charge < -0.3 is 9.67 Å². The fourth-order valence-electron chi connectivity index (χ4n) is 7.28. The number of benzene rings is 6. The van der Waals surface area contributed by atoms with Gasteiger partial charge in [-0.3, -0.25) is 4.98 Å². The van der Waals surface area contributed by atoms with Crippen LogP contribution in [0.25, 0.3) is 55.9 Å². The molecule has 276 valence electrons. The minimum atomic E-state index is -0.0985. The van der Waals surface area contributed by atoms with E-state index in [0.29, 0.717) is 6.54 Å². The van der Waals surface area contributed by atoms with E-state index >= 15 is 0 Å². The van der Waals surface area contributed by atoms with Crippen LogP contribution in [0.5, 0.6) is 5.75 Å². The van der Waals surface area contributed by atoms with Gasteiger partial charge in [-0.25, -0.2) is 4.98 Å². The predicted molar refractivity (Wildman–Crippen MR) is 223 cm³/mol. The van der Waals surface area contributed by atoms with Crippen LogP contribution in [0.3, 0.4) is 0 Å². The van der Waals surface area contributed by atoms with Crippen molar-refractivity contribution in [3.05, 3.63) is 185 Å². The number of aromatic hydroxyl groups is 1. The topological polar surface area (TPSA) is 50.9 Å². The van der Waals surface area contributed by atoms with Crippen molar-refractivity contribution in [2.45, 2.75) is 53.0 Å². The Labute approximate surface area is 338 Å². The van der Waals surface area contributed by atoms with Crippen molar-refractivity contribution in [3.63, 3.8) is 0 Å². The van der Waals surface area contributed by atoms with Gasteiger partial charge >= 0.3 is 0 Å². The van der Waals surface area contributed by atoms with Crippen LogP contribution in [-0.2, 0) is 39.4 Å². The Hall–Kier alpha value is -5.57. The zero-order valence-electron chi connectivity index (χ0n) is 31.9. The van der Waals surface area contributed by atoms with E-state index in [-0.39, 0.29) is 32.2 Å². The summed E-state index contributed by atoms with van der Waals surface area (Å²) in [6.45, 7) is 11.3. The zero-order chi connectivity index (χ0) is 37.4. The molecule has 55 heavy (non-hydrogen) atoms. The molecule has 0 saturated heterocycles. The number of aromatic nitrogens is 3. The molecule has 5 heteroatoms. The molecule has 2 heterocycles. The largest absolute Gasteiger partial charge is 0.507 e. The van der Waals surface area contributed by atoms with Crippen LogP contribution in [0, 0.1) is 19.9 Å². The molecule has 0 amide bonds. The maximum atomic E-state index is 11.6. The van der Waals surface area contributed by atoms with Crippen LogP contribution in [0.15, 0.2) is 146 Å². The van der Waals surface area contributed by atoms with E-state index in [4.69, 9.17) is 9.97 Å². The van der Waals surface area contributed by atoms with Gasteiger partial charge in [-0.2, -0.15) is 0 Å². The Bertz CT molecular complexity index is 2600. The van der Waals surface area contributed by atoms with Gasteiger partial charge in [-0.1, -0.05) is 148 Å². The quantitative estimate of drug-likeness (QED) is 0.155. The Balaban J connectivity index is 0.00000465.